The summed E-state index contributed by atoms with van der Waals surface area (Å²) in [6, 6.07) is 0. The van der Waals surface area contributed by atoms with Gasteiger partial charge in [0, 0.05) is 12.3 Å². The second-order valence-corrected chi connectivity index (χ2v) is 4.02. The molecule has 20 heavy (non-hydrogen) atoms. The van der Waals surface area contributed by atoms with E-state index in [0.29, 0.717) is 72.6 Å². The van der Waals surface area contributed by atoms with E-state index in [1.165, 1.54) is 0 Å². The van der Waals surface area contributed by atoms with Gasteiger partial charge in [-0.2, -0.15) is 12.6 Å². The summed E-state index contributed by atoms with van der Waals surface area (Å²) in [5.41, 5.74) is 5.27. The molecule has 0 bridgehead atoms. The molecule has 0 unspecified atom stereocenters. The number of rotatable bonds is 16. The number of hydrogen-bond acceptors (Lipinski definition) is 7. The lowest BCUT2D eigenvalue weighted by atomic mass is 10.7. The van der Waals surface area contributed by atoms with Crippen molar-refractivity contribution in [1.29, 1.82) is 0 Å². The number of hydrogen-bond donors (Lipinski definition) is 2. The lowest BCUT2D eigenvalue weighted by Gasteiger charge is -2.07. The fourth-order valence-corrected chi connectivity index (χ4v) is 1.26. The second kappa shape index (κ2) is 21.7. The fraction of sp³-hybridized carbons (Fsp3) is 1.00. The number of nitrogens with two attached hydrogens (primary N) is 1. The molecular formula is C12H28ClNO5S. The van der Waals surface area contributed by atoms with Crippen LogP contribution in [0.1, 0.15) is 0 Å². The van der Waals surface area contributed by atoms with Gasteiger partial charge in [-0.05, 0) is 0 Å². The Bertz CT molecular complexity index is 155. The van der Waals surface area contributed by atoms with Crippen LogP contribution in [-0.2, 0) is 23.7 Å². The van der Waals surface area contributed by atoms with Gasteiger partial charge in [0.05, 0.1) is 66.1 Å². The van der Waals surface area contributed by atoms with Gasteiger partial charge in [0.2, 0.25) is 0 Å². The molecule has 2 N–H and O–H groups in total. The third-order valence-corrected chi connectivity index (χ3v) is 2.17. The maximum absolute atomic E-state index is 5.33. The van der Waals surface area contributed by atoms with Crippen molar-refractivity contribution in [3.8, 4) is 0 Å². The first kappa shape index (κ1) is 22.7. The molecule has 0 fully saturated rings. The van der Waals surface area contributed by atoms with E-state index >= 15 is 0 Å². The molecule has 8 heteroatoms. The molecule has 0 atom stereocenters. The Morgan fingerprint density at radius 3 is 1.15 bits per heavy atom. The molecule has 0 rings (SSSR count). The molecule has 0 saturated heterocycles. The predicted octanol–water partition coefficient (Wildman–Crippen LogP) is 0.380. The summed E-state index contributed by atoms with van der Waals surface area (Å²) in [5.74, 6) is 0.736. The molecule has 0 aromatic heterocycles. The van der Waals surface area contributed by atoms with Crippen LogP contribution in [0.4, 0.5) is 0 Å². The van der Waals surface area contributed by atoms with Gasteiger partial charge in [-0.3, -0.25) is 0 Å². The Kier molecular flexibility index (Phi) is 24.6. The third kappa shape index (κ3) is 20.7. The molecular weight excluding hydrogens is 306 g/mol. The highest BCUT2D eigenvalue weighted by atomic mass is 35.5. The van der Waals surface area contributed by atoms with Gasteiger partial charge < -0.3 is 29.4 Å². The summed E-state index contributed by atoms with van der Waals surface area (Å²) in [5, 5.41) is 0. The largest absolute Gasteiger partial charge is 0.378 e. The average molecular weight is 334 g/mol. The van der Waals surface area contributed by atoms with Crippen molar-refractivity contribution in [3.63, 3.8) is 0 Å². The van der Waals surface area contributed by atoms with Gasteiger partial charge in [-0.25, -0.2) is 0 Å². The highest BCUT2D eigenvalue weighted by Crippen LogP contribution is 1.84. The highest BCUT2D eigenvalue weighted by Gasteiger charge is 1.92. The van der Waals surface area contributed by atoms with E-state index in [1.807, 2.05) is 0 Å². The van der Waals surface area contributed by atoms with E-state index < -0.39 is 0 Å². The van der Waals surface area contributed by atoms with Crippen LogP contribution in [0, 0.1) is 0 Å². The topological polar surface area (TPSA) is 72.2 Å². The Morgan fingerprint density at radius 1 is 0.550 bits per heavy atom. The Morgan fingerprint density at radius 2 is 0.850 bits per heavy atom. The monoisotopic (exact) mass is 333 g/mol. The molecule has 0 aliphatic carbocycles. The van der Waals surface area contributed by atoms with E-state index in [4.69, 9.17) is 29.4 Å². The normalized spacial score (nSPS) is 10.5. The lowest BCUT2D eigenvalue weighted by molar-refractivity contribution is -0.00950. The molecule has 0 aromatic carbocycles. The average Bonchev–Trinajstić information content (AvgIpc) is 2.43. The van der Waals surface area contributed by atoms with E-state index in [0.717, 1.165) is 5.75 Å². The van der Waals surface area contributed by atoms with Crippen molar-refractivity contribution in [2.75, 3.05) is 78.4 Å². The lowest BCUT2D eigenvalue weighted by Crippen LogP contribution is -2.15. The molecule has 0 aromatic rings. The Labute approximate surface area is 133 Å². The van der Waals surface area contributed by atoms with Crippen molar-refractivity contribution in [2.45, 2.75) is 0 Å². The molecule has 0 heterocycles. The van der Waals surface area contributed by atoms with Gasteiger partial charge in [-0.15, -0.1) is 12.4 Å². The summed E-state index contributed by atoms with van der Waals surface area (Å²) >= 11 is 4.03. The molecule has 6 nitrogen and oxygen atoms in total. The van der Waals surface area contributed by atoms with Crippen LogP contribution in [-0.4, -0.2) is 78.4 Å². The fourth-order valence-electron chi connectivity index (χ4n) is 1.13. The van der Waals surface area contributed by atoms with Crippen LogP contribution in [0.15, 0.2) is 0 Å². The standard InChI is InChI=1S/C12H27NO5S.ClH/c13-1-2-14-3-4-15-5-6-16-7-8-17-9-10-18-11-12-19;/h19H,1-13H2;1H. The number of halogens is 1. The van der Waals surface area contributed by atoms with Crippen molar-refractivity contribution < 1.29 is 23.7 Å². The van der Waals surface area contributed by atoms with Gasteiger partial charge in [-0.1, -0.05) is 0 Å². The molecule has 0 aliphatic heterocycles. The van der Waals surface area contributed by atoms with E-state index in [-0.39, 0.29) is 12.4 Å². The summed E-state index contributed by atoms with van der Waals surface area (Å²) < 4.78 is 26.3. The smallest absolute Gasteiger partial charge is 0.0701 e. The molecule has 0 radical (unpaired) electrons. The first-order valence-electron chi connectivity index (χ1n) is 6.61. The zero-order chi connectivity index (χ0) is 14.0. The summed E-state index contributed by atoms with van der Waals surface area (Å²) in [6.07, 6.45) is 0. The van der Waals surface area contributed by atoms with Crippen LogP contribution in [0.25, 0.3) is 0 Å². The molecule has 124 valence electrons. The highest BCUT2D eigenvalue weighted by molar-refractivity contribution is 7.80. The SMILES string of the molecule is Cl.NCCOCCOCCOCCOCCOCCS. The van der Waals surface area contributed by atoms with Crippen molar-refractivity contribution in [3.05, 3.63) is 0 Å². The van der Waals surface area contributed by atoms with Crippen LogP contribution in [0.5, 0.6) is 0 Å². The molecule has 0 amide bonds. The van der Waals surface area contributed by atoms with E-state index in [9.17, 15) is 0 Å². The van der Waals surface area contributed by atoms with Gasteiger partial charge >= 0.3 is 0 Å². The minimum Gasteiger partial charge on any atom is -0.378 e. The summed E-state index contributed by atoms with van der Waals surface area (Å²) in [6.45, 7) is 6.40. The van der Waals surface area contributed by atoms with Gasteiger partial charge in [0.15, 0.2) is 0 Å². The van der Waals surface area contributed by atoms with Gasteiger partial charge in [0.1, 0.15) is 0 Å². The van der Waals surface area contributed by atoms with Crippen molar-refractivity contribution >= 4 is 25.0 Å². The minimum atomic E-state index is 0. The van der Waals surface area contributed by atoms with Crippen LogP contribution >= 0.6 is 25.0 Å². The quantitative estimate of drug-likeness (QED) is 0.314. The predicted molar refractivity (Wildman–Crippen MR) is 84.3 cm³/mol. The summed E-state index contributed by atoms with van der Waals surface area (Å²) in [4.78, 5) is 0. The van der Waals surface area contributed by atoms with Gasteiger partial charge in [0.25, 0.3) is 0 Å². The first-order valence-corrected chi connectivity index (χ1v) is 7.24. The number of ether oxygens (including phenoxy) is 5. The van der Waals surface area contributed by atoms with Crippen LogP contribution < -0.4 is 5.73 Å². The third-order valence-electron chi connectivity index (χ3n) is 1.99. The molecule has 0 saturated carbocycles. The molecule has 0 spiro atoms. The number of thiol groups is 1. The van der Waals surface area contributed by atoms with E-state index in [1.54, 1.807) is 0 Å². The van der Waals surface area contributed by atoms with Crippen molar-refractivity contribution in [1.82, 2.24) is 0 Å². The van der Waals surface area contributed by atoms with Crippen molar-refractivity contribution in [2.24, 2.45) is 5.73 Å². The maximum atomic E-state index is 5.33. The maximum Gasteiger partial charge on any atom is 0.0701 e. The zero-order valence-corrected chi connectivity index (χ0v) is 13.7. The zero-order valence-electron chi connectivity index (χ0n) is 12.0. The Balaban J connectivity index is 0. The van der Waals surface area contributed by atoms with Crippen LogP contribution in [0.3, 0.4) is 0 Å². The minimum absolute atomic E-state index is 0. The Hall–Kier alpha value is 0.400. The second-order valence-electron chi connectivity index (χ2n) is 3.57. The van der Waals surface area contributed by atoms with E-state index in [2.05, 4.69) is 12.6 Å². The van der Waals surface area contributed by atoms with Crippen LogP contribution in [0.2, 0.25) is 0 Å². The molecule has 0 aliphatic rings. The first-order chi connectivity index (χ1) is 9.41. The summed E-state index contributed by atoms with van der Waals surface area (Å²) in [7, 11) is 0.